The van der Waals surface area contributed by atoms with E-state index in [1.807, 2.05) is 36.4 Å². The molecule has 0 saturated heterocycles. The van der Waals surface area contributed by atoms with E-state index in [4.69, 9.17) is 4.43 Å². The van der Waals surface area contributed by atoms with Crippen LogP contribution < -0.4 is 10.4 Å². The van der Waals surface area contributed by atoms with Gasteiger partial charge in [0.25, 0.3) is 8.32 Å². The average Bonchev–Trinajstić information content (AvgIpc) is 2.45. The van der Waals surface area contributed by atoms with Crippen molar-refractivity contribution in [2.45, 2.75) is 25.8 Å². The Morgan fingerprint density at radius 3 is 1.55 bits per heavy atom. The van der Waals surface area contributed by atoms with Crippen molar-refractivity contribution in [3.63, 3.8) is 0 Å². The summed E-state index contributed by atoms with van der Waals surface area (Å²) in [6.07, 6.45) is 0. The van der Waals surface area contributed by atoms with Gasteiger partial charge in [-0.25, -0.2) is 0 Å². The summed E-state index contributed by atoms with van der Waals surface area (Å²) >= 11 is 0. The maximum absolute atomic E-state index is 9.50. The smallest absolute Gasteiger partial charge is 0.264 e. The Bertz CT molecular complexity index is 492. The Hall–Kier alpha value is -1.42. The van der Waals surface area contributed by atoms with Crippen molar-refractivity contribution >= 4 is 18.7 Å². The minimum absolute atomic E-state index is 0.0710. The van der Waals surface area contributed by atoms with Crippen LogP contribution in [0.2, 0.25) is 5.04 Å². The molecule has 0 unspecified atom stereocenters. The molecular weight excluding hydrogens is 264 g/mol. The third-order valence-electron chi connectivity index (χ3n) is 3.70. The van der Waals surface area contributed by atoms with Crippen LogP contribution in [-0.4, -0.2) is 20.2 Å². The molecule has 0 aliphatic rings. The molecule has 2 aromatic carbocycles. The fourth-order valence-electron chi connectivity index (χ4n) is 2.86. The lowest BCUT2D eigenvalue weighted by atomic mass is 10.2. The molecular formula is C17H22O2Si. The predicted octanol–water partition coefficient (Wildman–Crippen LogP) is 2.51. The summed E-state index contributed by atoms with van der Waals surface area (Å²) in [4.78, 5) is 0. The van der Waals surface area contributed by atoms with E-state index in [9.17, 15) is 5.11 Å². The molecule has 0 saturated carbocycles. The lowest BCUT2D eigenvalue weighted by Gasteiger charge is -2.42. The van der Waals surface area contributed by atoms with Crippen molar-refractivity contribution in [2.24, 2.45) is 0 Å². The number of aliphatic hydroxyl groups excluding tert-OH is 1. The molecule has 0 aromatic heterocycles. The molecule has 0 atom stereocenters. The highest BCUT2D eigenvalue weighted by molar-refractivity contribution is 6.99. The fourth-order valence-corrected chi connectivity index (χ4v) is 7.21. The molecule has 0 spiro atoms. The summed E-state index contributed by atoms with van der Waals surface area (Å²) in [6.45, 7) is 6.31. The second kappa shape index (κ2) is 5.91. The second-order valence-corrected chi connectivity index (χ2v) is 10.2. The summed E-state index contributed by atoms with van der Waals surface area (Å²) in [5, 5.41) is 11.8. The van der Waals surface area contributed by atoms with E-state index in [1.165, 1.54) is 10.4 Å². The number of hydrogen-bond acceptors (Lipinski definition) is 2. The van der Waals surface area contributed by atoms with Crippen LogP contribution in [0.3, 0.4) is 0 Å². The predicted molar refractivity (Wildman–Crippen MR) is 85.8 cm³/mol. The van der Waals surface area contributed by atoms with Crippen molar-refractivity contribution in [1.82, 2.24) is 0 Å². The van der Waals surface area contributed by atoms with Crippen LogP contribution in [0, 0.1) is 0 Å². The van der Waals surface area contributed by atoms with Crippen molar-refractivity contribution in [3.05, 3.63) is 60.7 Å². The first-order valence-corrected chi connectivity index (χ1v) is 8.79. The van der Waals surface area contributed by atoms with Crippen molar-refractivity contribution < 1.29 is 9.53 Å². The van der Waals surface area contributed by atoms with Crippen LogP contribution in [0.1, 0.15) is 20.8 Å². The van der Waals surface area contributed by atoms with E-state index in [2.05, 4.69) is 45.0 Å². The zero-order chi connectivity index (χ0) is 14.6. The van der Waals surface area contributed by atoms with Crippen LogP contribution >= 0.6 is 0 Å². The molecule has 1 N–H and O–H groups in total. The summed E-state index contributed by atoms with van der Waals surface area (Å²) < 4.78 is 6.06. The number of benzene rings is 2. The normalized spacial score (nSPS) is 12.4. The van der Waals surface area contributed by atoms with E-state index in [0.717, 1.165) is 0 Å². The zero-order valence-electron chi connectivity index (χ0n) is 12.3. The highest BCUT2D eigenvalue weighted by Crippen LogP contribution is 2.36. The SMILES string of the molecule is CC(C)(C)[Si](OCO)(c1ccccc1)c1ccccc1. The van der Waals surface area contributed by atoms with Crippen LogP contribution in [0.25, 0.3) is 0 Å². The van der Waals surface area contributed by atoms with Crippen molar-refractivity contribution in [1.29, 1.82) is 0 Å². The number of rotatable bonds is 4. The molecule has 2 rings (SSSR count). The van der Waals surface area contributed by atoms with Crippen LogP contribution in [0.5, 0.6) is 0 Å². The first-order chi connectivity index (χ1) is 9.52. The van der Waals surface area contributed by atoms with E-state index in [-0.39, 0.29) is 11.8 Å². The Balaban J connectivity index is 2.70. The molecule has 0 aliphatic heterocycles. The van der Waals surface area contributed by atoms with E-state index < -0.39 is 8.32 Å². The van der Waals surface area contributed by atoms with Crippen molar-refractivity contribution in [3.8, 4) is 0 Å². The number of hydrogen-bond donors (Lipinski definition) is 1. The minimum atomic E-state index is -2.50. The molecule has 0 heterocycles. The highest BCUT2D eigenvalue weighted by atomic mass is 28.4. The third-order valence-corrected chi connectivity index (χ3v) is 8.67. The molecule has 3 heteroatoms. The Labute approximate surface area is 122 Å². The van der Waals surface area contributed by atoms with Gasteiger partial charge in [-0.05, 0) is 15.4 Å². The van der Waals surface area contributed by atoms with Gasteiger partial charge in [-0.3, -0.25) is 0 Å². The quantitative estimate of drug-likeness (QED) is 0.691. The van der Waals surface area contributed by atoms with Gasteiger partial charge in [0.05, 0.1) is 0 Å². The molecule has 2 aromatic rings. The summed E-state index contributed by atoms with van der Waals surface area (Å²) in [5.41, 5.74) is 0. The van der Waals surface area contributed by atoms with Gasteiger partial charge >= 0.3 is 0 Å². The summed E-state index contributed by atoms with van der Waals surface area (Å²) in [6, 6.07) is 20.6. The molecule has 2 nitrogen and oxygen atoms in total. The lowest BCUT2D eigenvalue weighted by Crippen LogP contribution is -2.66. The first kappa shape index (κ1) is 15.0. The molecule has 106 valence electrons. The van der Waals surface area contributed by atoms with Crippen LogP contribution in [0.4, 0.5) is 0 Å². The van der Waals surface area contributed by atoms with Gasteiger partial charge in [0.2, 0.25) is 0 Å². The van der Waals surface area contributed by atoms with Gasteiger partial charge in [0, 0.05) is 0 Å². The maximum atomic E-state index is 9.50. The van der Waals surface area contributed by atoms with Crippen LogP contribution in [-0.2, 0) is 4.43 Å². The van der Waals surface area contributed by atoms with Crippen molar-refractivity contribution in [2.75, 3.05) is 6.79 Å². The van der Waals surface area contributed by atoms with Crippen LogP contribution in [0.15, 0.2) is 60.7 Å². The van der Waals surface area contributed by atoms with Gasteiger partial charge in [-0.1, -0.05) is 81.4 Å². The van der Waals surface area contributed by atoms with E-state index in [0.29, 0.717) is 0 Å². The fraction of sp³-hybridized carbons (Fsp3) is 0.294. The van der Waals surface area contributed by atoms with Gasteiger partial charge < -0.3 is 9.53 Å². The molecule has 0 bridgehead atoms. The molecule has 0 amide bonds. The standard InChI is InChI=1S/C17H22O2Si/c1-17(2,3)20(19-14-18,15-10-6-4-7-11-15)16-12-8-5-9-13-16/h4-13,18H,14H2,1-3H3. The third kappa shape index (κ3) is 2.57. The van der Waals surface area contributed by atoms with E-state index in [1.54, 1.807) is 0 Å². The van der Waals surface area contributed by atoms with Gasteiger partial charge in [0.1, 0.15) is 6.79 Å². The zero-order valence-corrected chi connectivity index (χ0v) is 13.3. The second-order valence-electron chi connectivity index (χ2n) is 5.94. The first-order valence-electron chi connectivity index (χ1n) is 6.88. The number of aliphatic hydroxyl groups is 1. The topological polar surface area (TPSA) is 29.5 Å². The Kier molecular flexibility index (Phi) is 4.43. The Morgan fingerprint density at radius 1 is 0.850 bits per heavy atom. The molecule has 0 aliphatic carbocycles. The van der Waals surface area contributed by atoms with Gasteiger partial charge in [0.15, 0.2) is 0 Å². The van der Waals surface area contributed by atoms with Gasteiger partial charge in [-0.2, -0.15) is 0 Å². The monoisotopic (exact) mass is 286 g/mol. The minimum Gasteiger partial charge on any atom is -0.385 e. The average molecular weight is 286 g/mol. The Morgan fingerprint density at radius 2 is 1.25 bits per heavy atom. The molecule has 0 fully saturated rings. The van der Waals surface area contributed by atoms with E-state index >= 15 is 0 Å². The largest absolute Gasteiger partial charge is 0.385 e. The molecule has 0 radical (unpaired) electrons. The maximum Gasteiger partial charge on any atom is 0.264 e. The summed E-state index contributed by atoms with van der Waals surface area (Å²) in [7, 11) is -2.50. The lowest BCUT2D eigenvalue weighted by molar-refractivity contribution is 0.0895. The molecule has 20 heavy (non-hydrogen) atoms. The summed E-state index contributed by atoms with van der Waals surface area (Å²) in [5.74, 6) is 0. The van der Waals surface area contributed by atoms with Gasteiger partial charge in [-0.15, -0.1) is 0 Å². The highest BCUT2D eigenvalue weighted by Gasteiger charge is 2.49.